The van der Waals surface area contributed by atoms with Gasteiger partial charge in [0, 0.05) is 12.1 Å². The molecule has 4 heteroatoms. The summed E-state index contributed by atoms with van der Waals surface area (Å²) < 4.78 is 13.5. The standard InChI is InChI=1S/C15H22ClFN2/c1-9(2)10-5-3-4-6-14(10)19-15-8-12(17)11(16)7-13(15)18/h7-10,14,19H,3-6,18H2,1-2H3. The topological polar surface area (TPSA) is 38.0 Å². The predicted molar refractivity (Wildman–Crippen MR) is 80.0 cm³/mol. The fraction of sp³-hybridized carbons (Fsp3) is 0.600. The number of halogens is 2. The third-order valence-corrected chi connectivity index (χ3v) is 4.40. The van der Waals surface area contributed by atoms with Gasteiger partial charge in [0.2, 0.25) is 0 Å². The van der Waals surface area contributed by atoms with Crippen LogP contribution in [0.2, 0.25) is 5.02 Å². The lowest BCUT2D eigenvalue weighted by atomic mass is 9.77. The van der Waals surface area contributed by atoms with Crippen LogP contribution in [0.4, 0.5) is 15.8 Å². The van der Waals surface area contributed by atoms with Gasteiger partial charge in [-0.1, -0.05) is 38.3 Å². The van der Waals surface area contributed by atoms with Crippen molar-refractivity contribution in [1.29, 1.82) is 0 Å². The molecule has 2 rings (SSSR count). The fourth-order valence-electron chi connectivity index (χ4n) is 3.02. The van der Waals surface area contributed by atoms with Crippen LogP contribution in [0.3, 0.4) is 0 Å². The average molecular weight is 285 g/mol. The molecule has 0 bridgehead atoms. The number of hydrogen-bond donors (Lipinski definition) is 2. The number of nitrogen functional groups attached to an aromatic ring is 1. The molecule has 1 aromatic rings. The molecule has 0 radical (unpaired) electrons. The number of rotatable bonds is 3. The van der Waals surface area contributed by atoms with Gasteiger partial charge in [0.1, 0.15) is 5.82 Å². The van der Waals surface area contributed by atoms with E-state index in [4.69, 9.17) is 17.3 Å². The smallest absolute Gasteiger partial charge is 0.143 e. The summed E-state index contributed by atoms with van der Waals surface area (Å²) in [4.78, 5) is 0. The second kappa shape index (κ2) is 6.00. The average Bonchev–Trinajstić information content (AvgIpc) is 2.36. The molecule has 0 saturated heterocycles. The molecule has 1 fully saturated rings. The van der Waals surface area contributed by atoms with E-state index in [1.54, 1.807) is 0 Å². The van der Waals surface area contributed by atoms with Crippen LogP contribution >= 0.6 is 11.6 Å². The highest BCUT2D eigenvalue weighted by Crippen LogP contribution is 2.34. The molecule has 0 spiro atoms. The molecule has 0 amide bonds. The first-order valence-corrected chi connectivity index (χ1v) is 7.38. The molecule has 0 aliphatic heterocycles. The highest BCUT2D eigenvalue weighted by atomic mass is 35.5. The molecule has 2 unspecified atom stereocenters. The molecule has 1 aliphatic carbocycles. The molecular formula is C15H22ClFN2. The third kappa shape index (κ3) is 3.33. The summed E-state index contributed by atoms with van der Waals surface area (Å²) in [5.74, 6) is 0.818. The Hall–Kier alpha value is -0.960. The number of hydrogen-bond acceptors (Lipinski definition) is 2. The van der Waals surface area contributed by atoms with E-state index in [1.807, 2.05) is 0 Å². The number of anilines is 2. The van der Waals surface area contributed by atoms with Crippen molar-refractivity contribution in [3.05, 3.63) is 23.0 Å². The zero-order valence-electron chi connectivity index (χ0n) is 11.5. The normalized spacial score (nSPS) is 23.6. The second-order valence-electron chi connectivity index (χ2n) is 5.80. The lowest BCUT2D eigenvalue weighted by Crippen LogP contribution is -2.35. The van der Waals surface area contributed by atoms with E-state index >= 15 is 0 Å². The van der Waals surface area contributed by atoms with Crippen LogP contribution in [-0.2, 0) is 0 Å². The van der Waals surface area contributed by atoms with Crippen LogP contribution < -0.4 is 11.1 Å². The van der Waals surface area contributed by atoms with Crippen LogP contribution in [0.5, 0.6) is 0 Å². The Labute approximate surface area is 119 Å². The van der Waals surface area contributed by atoms with Crippen molar-refractivity contribution in [2.24, 2.45) is 11.8 Å². The summed E-state index contributed by atoms with van der Waals surface area (Å²) >= 11 is 5.73. The van der Waals surface area contributed by atoms with Crippen LogP contribution in [-0.4, -0.2) is 6.04 Å². The van der Waals surface area contributed by atoms with Crippen molar-refractivity contribution in [3.63, 3.8) is 0 Å². The van der Waals surface area contributed by atoms with E-state index in [2.05, 4.69) is 19.2 Å². The number of benzene rings is 1. The summed E-state index contributed by atoms with van der Waals surface area (Å²) in [6, 6.07) is 3.26. The van der Waals surface area contributed by atoms with E-state index < -0.39 is 5.82 Å². The Morgan fingerprint density at radius 3 is 2.68 bits per heavy atom. The predicted octanol–water partition coefficient (Wildman–Crippen LogP) is 4.69. The molecule has 1 aromatic carbocycles. The summed E-state index contributed by atoms with van der Waals surface area (Å²) in [5, 5.41) is 3.50. The van der Waals surface area contributed by atoms with Gasteiger partial charge in [0.15, 0.2) is 0 Å². The minimum absolute atomic E-state index is 0.0760. The van der Waals surface area contributed by atoms with Gasteiger partial charge in [0.25, 0.3) is 0 Å². The van der Waals surface area contributed by atoms with E-state index in [0.29, 0.717) is 29.3 Å². The maximum atomic E-state index is 13.5. The molecule has 2 nitrogen and oxygen atoms in total. The largest absolute Gasteiger partial charge is 0.397 e. The Morgan fingerprint density at radius 2 is 2.00 bits per heavy atom. The number of nitrogens with one attached hydrogen (secondary N) is 1. The zero-order chi connectivity index (χ0) is 14.0. The van der Waals surface area contributed by atoms with Crippen molar-refractivity contribution in [2.75, 3.05) is 11.1 Å². The minimum Gasteiger partial charge on any atom is -0.397 e. The van der Waals surface area contributed by atoms with Crippen molar-refractivity contribution in [2.45, 2.75) is 45.6 Å². The zero-order valence-corrected chi connectivity index (χ0v) is 12.3. The first kappa shape index (κ1) is 14.4. The van der Waals surface area contributed by atoms with Crippen molar-refractivity contribution in [3.8, 4) is 0 Å². The van der Waals surface area contributed by atoms with Crippen molar-refractivity contribution < 1.29 is 4.39 Å². The Balaban J connectivity index is 2.17. The summed E-state index contributed by atoms with van der Waals surface area (Å²) in [7, 11) is 0. The molecule has 106 valence electrons. The Morgan fingerprint density at radius 1 is 1.32 bits per heavy atom. The second-order valence-corrected chi connectivity index (χ2v) is 6.20. The molecule has 0 heterocycles. The van der Waals surface area contributed by atoms with Crippen molar-refractivity contribution >= 4 is 23.0 Å². The van der Waals surface area contributed by atoms with Crippen LogP contribution in [0.1, 0.15) is 39.5 Å². The summed E-state index contributed by atoms with van der Waals surface area (Å²) in [5.41, 5.74) is 7.09. The lowest BCUT2D eigenvalue weighted by Gasteiger charge is -2.35. The number of nitrogens with two attached hydrogens (primary N) is 1. The van der Waals surface area contributed by atoms with E-state index in [0.717, 1.165) is 6.42 Å². The van der Waals surface area contributed by atoms with Gasteiger partial charge in [-0.05, 0) is 30.7 Å². The first-order valence-electron chi connectivity index (χ1n) is 7.00. The molecule has 1 saturated carbocycles. The lowest BCUT2D eigenvalue weighted by molar-refractivity contribution is 0.254. The van der Waals surface area contributed by atoms with Crippen LogP contribution in [0.15, 0.2) is 12.1 Å². The van der Waals surface area contributed by atoms with Gasteiger partial charge in [-0.15, -0.1) is 0 Å². The van der Waals surface area contributed by atoms with Crippen molar-refractivity contribution in [1.82, 2.24) is 0 Å². The Kier molecular flexibility index (Phi) is 4.56. The van der Waals surface area contributed by atoms with E-state index in [-0.39, 0.29) is 5.02 Å². The fourth-order valence-corrected chi connectivity index (χ4v) is 3.20. The van der Waals surface area contributed by atoms with Gasteiger partial charge >= 0.3 is 0 Å². The minimum atomic E-state index is -0.421. The SMILES string of the molecule is CC(C)C1CCCCC1Nc1cc(F)c(Cl)cc1N. The highest BCUT2D eigenvalue weighted by molar-refractivity contribution is 6.31. The maximum absolute atomic E-state index is 13.5. The molecule has 19 heavy (non-hydrogen) atoms. The Bertz CT molecular complexity index is 448. The summed E-state index contributed by atoms with van der Waals surface area (Å²) in [6.45, 7) is 4.49. The molecule has 2 atom stereocenters. The molecule has 0 aromatic heterocycles. The quantitative estimate of drug-likeness (QED) is 0.790. The molecule has 1 aliphatic rings. The van der Waals surface area contributed by atoms with Gasteiger partial charge < -0.3 is 11.1 Å². The molecule has 3 N–H and O–H groups in total. The van der Waals surface area contributed by atoms with Gasteiger partial charge in [-0.3, -0.25) is 0 Å². The summed E-state index contributed by atoms with van der Waals surface area (Å²) in [6.07, 6.45) is 4.85. The van der Waals surface area contributed by atoms with Gasteiger partial charge in [0.05, 0.1) is 16.4 Å². The highest BCUT2D eigenvalue weighted by Gasteiger charge is 2.27. The first-order chi connectivity index (χ1) is 8.99. The maximum Gasteiger partial charge on any atom is 0.143 e. The van der Waals surface area contributed by atoms with E-state index in [1.165, 1.54) is 31.4 Å². The monoisotopic (exact) mass is 284 g/mol. The van der Waals surface area contributed by atoms with Gasteiger partial charge in [-0.2, -0.15) is 0 Å². The van der Waals surface area contributed by atoms with Crippen LogP contribution in [0, 0.1) is 17.7 Å². The van der Waals surface area contributed by atoms with Gasteiger partial charge in [-0.25, -0.2) is 4.39 Å². The van der Waals surface area contributed by atoms with Crippen LogP contribution in [0.25, 0.3) is 0 Å². The van der Waals surface area contributed by atoms with E-state index in [9.17, 15) is 4.39 Å². The molecular weight excluding hydrogens is 263 g/mol. The third-order valence-electron chi connectivity index (χ3n) is 4.11.